The number of rotatable bonds is 8. The summed E-state index contributed by atoms with van der Waals surface area (Å²) in [7, 11) is 1.69. The van der Waals surface area contributed by atoms with Crippen molar-refractivity contribution in [3.05, 3.63) is 51.2 Å². The van der Waals surface area contributed by atoms with Crippen LogP contribution in [-0.4, -0.2) is 51.1 Å². The van der Waals surface area contributed by atoms with Crippen LogP contribution in [0.25, 0.3) is 11.4 Å². The van der Waals surface area contributed by atoms with Gasteiger partial charge in [-0.2, -0.15) is 0 Å². The van der Waals surface area contributed by atoms with E-state index in [-0.39, 0.29) is 11.2 Å². The number of thiophene rings is 1. The van der Waals surface area contributed by atoms with Crippen LogP contribution in [0.5, 0.6) is 0 Å². The van der Waals surface area contributed by atoms with E-state index in [1.54, 1.807) is 18.4 Å². The van der Waals surface area contributed by atoms with E-state index < -0.39 is 0 Å². The Morgan fingerprint density at radius 2 is 2.16 bits per heavy atom. The number of hydrogen-bond donors (Lipinski definition) is 0. The van der Waals surface area contributed by atoms with Gasteiger partial charge in [-0.3, -0.25) is 4.79 Å². The molecule has 0 fully saturated rings. The van der Waals surface area contributed by atoms with E-state index in [1.165, 1.54) is 22.2 Å². The van der Waals surface area contributed by atoms with Crippen LogP contribution in [0.15, 0.2) is 40.9 Å². The summed E-state index contributed by atoms with van der Waals surface area (Å²) in [5.41, 5.74) is 2.10. The Hall–Kier alpha value is -1.87. The zero-order valence-electron chi connectivity index (χ0n) is 17.6. The maximum atomic E-state index is 13.1. The maximum Gasteiger partial charge on any atom is 0.236 e. The number of nitrogens with zero attached hydrogens (tertiary/aromatic N) is 4. The van der Waals surface area contributed by atoms with Crippen LogP contribution < -0.4 is 0 Å². The number of carbonyl (C=O) groups is 1. The van der Waals surface area contributed by atoms with E-state index in [9.17, 15) is 4.79 Å². The molecule has 0 spiro atoms. The second-order valence-corrected chi connectivity index (χ2v) is 10.1. The molecule has 6 nitrogen and oxygen atoms in total. The van der Waals surface area contributed by atoms with Crippen molar-refractivity contribution < 1.29 is 9.53 Å². The highest BCUT2D eigenvalue weighted by Gasteiger charge is 2.28. The first-order chi connectivity index (χ1) is 15.1. The van der Waals surface area contributed by atoms with Gasteiger partial charge in [0.05, 0.1) is 10.3 Å². The number of aromatic nitrogens is 3. The summed E-state index contributed by atoms with van der Waals surface area (Å²) in [5, 5.41) is 12.0. The lowest BCUT2D eigenvalue weighted by molar-refractivity contribution is -0.131. The third kappa shape index (κ3) is 4.98. The molecule has 1 aromatic carbocycles. The molecule has 2 aromatic heterocycles. The first kappa shape index (κ1) is 22.3. The number of halogens is 1. The van der Waals surface area contributed by atoms with E-state index >= 15 is 0 Å². The Morgan fingerprint density at radius 3 is 2.97 bits per heavy atom. The number of benzene rings is 1. The van der Waals surface area contributed by atoms with Gasteiger partial charge < -0.3 is 14.2 Å². The number of carbonyl (C=O) groups excluding carboxylic acids is 1. The quantitative estimate of drug-likeness (QED) is 0.346. The van der Waals surface area contributed by atoms with Gasteiger partial charge in [0.25, 0.3) is 0 Å². The largest absolute Gasteiger partial charge is 0.385 e. The molecule has 9 heteroatoms. The molecule has 1 atom stereocenters. The summed E-state index contributed by atoms with van der Waals surface area (Å²) >= 11 is 9.65. The van der Waals surface area contributed by atoms with Crippen LogP contribution >= 0.6 is 34.7 Å². The maximum absolute atomic E-state index is 13.1. The standard InChI is InChI=1S/C22H25ClN4O2S2/c1-15(21(28)26-11-8-19-16(14-26)9-13-30-19)31-22-25-24-20(27(22)10-5-12-29-2)17-6-3-4-7-18(17)23/h3-4,6-7,9,13,15H,5,8,10-12,14H2,1-2H3. The molecule has 0 saturated heterocycles. The Balaban J connectivity index is 1.53. The molecule has 164 valence electrons. The fraction of sp³-hybridized carbons (Fsp3) is 0.409. The number of fused-ring (bicyclic) bond motifs is 1. The molecule has 0 radical (unpaired) electrons. The molecule has 3 heterocycles. The summed E-state index contributed by atoms with van der Waals surface area (Å²) in [6, 6.07) is 9.74. The zero-order chi connectivity index (χ0) is 21.8. The van der Waals surface area contributed by atoms with Crippen molar-refractivity contribution in [2.75, 3.05) is 20.3 Å². The zero-order valence-corrected chi connectivity index (χ0v) is 20.0. The molecule has 3 aromatic rings. The van der Waals surface area contributed by atoms with Crippen LogP contribution in [0.4, 0.5) is 0 Å². The minimum atomic E-state index is -0.260. The number of ether oxygens (including phenoxy) is 1. The van der Waals surface area contributed by atoms with E-state index in [1.807, 2.05) is 40.7 Å². The van der Waals surface area contributed by atoms with Crippen molar-refractivity contribution in [2.45, 2.75) is 43.3 Å². The van der Waals surface area contributed by atoms with Gasteiger partial charge in [0.1, 0.15) is 0 Å². The highest BCUT2D eigenvalue weighted by molar-refractivity contribution is 8.00. The van der Waals surface area contributed by atoms with Gasteiger partial charge in [-0.15, -0.1) is 21.5 Å². The fourth-order valence-corrected chi connectivity index (χ4v) is 5.76. The lowest BCUT2D eigenvalue weighted by Gasteiger charge is -2.29. The number of amides is 1. The van der Waals surface area contributed by atoms with Gasteiger partial charge in [-0.1, -0.05) is 35.5 Å². The lowest BCUT2D eigenvalue weighted by atomic mass is 10.1. The second kappa shape index (κ2) is 10.2. The van der Waals surface area contributed by atoms with Gasteiger partial charge in [-0.05, 0) is 48.9 Å². The molecule has 1 aliphatic heterocycles. The molecule has 0 bridgehead atoms. The molecule has 1 amide bonds. The summed E-state index contributed by atoms with van der Waals surface area (Å²) < 4.78 is 7.27. The van der Waals surface area contributed by atoms with E-state index in [2.05, 4.69) is 21.6 Å². The lowest BCUT2D eigenvalue weighted by Crippen LogP contribution is -2.39. The van der Waals surface area contributed by atoms with Crippen LogP contribution in [0.2, 0.25) is 5.02 Å². The summed E-state index contributed by atoms with van der Waals surface area (Å²) in [6.07, 6.45) is 1.74. The van der Waals surface area contributed by atoms with Gasteiger partial charge in [0.15, 0.2) is 11.0 Å². The Morgan fingerprint density at radius 1 is 1.32 bits per heavy atom. The van der Waals surface area contributed by atoms with Crippen LogP contribution in [0.1, 0.15) is 23.8 Å². The van der Waals surface area contributed by atoms with Crippen molar-refractivity contribution >= 4 is 40.6 Å². The molecule has 0 N–H and O–H groups in total. The van der Waals surface area contributed by atoms with Gasteiger partial charge in [0.2, 0.25) is 5.91 Å². The van der Waals surface area contributed by atoms with Crippen molar-refractivity contribution in [2.24, 2.45) is 0 Å². The first-order valence-electron chi connectivity index (χ1n) is 10.3. The van der Waals surface area contributed by atoms with Gasteiger partial charge in [-0.25, -0.2) is 0 Å². The smallest absolute Gasteiger partial charge is 0.236 e. The summed E-state index contributed by atoms with van der Waals surface area (Å²) in [6.45, 7) is 4.72. The Labute approximate surface area is 195 Å². The minimum Gasteiger partial charge on any atom is -0.385 e. The van der Waals surface area contributed by atoms with E-state index in [0.717, 1.165) is 30.1 Å². The molecular weight excluding hydrogens is 452 g/mol. The van der Waals surface area contributed by atoms with Crippen LogP contribution in [0.3, 0.4) is 0 Å². The molecule has 1 aliphatic rings. The molecule has 0 saturated carbocycles. The normalized spacial score (nSPS) is 14.5. The fourth-order valence-electron chi connectivity index (χ4n) is 3.69. The van der Waals surface area contributed by atoms with Crippen molar-refractivity contribution in [1.29, 1.82) is 0 Å². The Kier molecular flexibility index (Phi) is 7.32. The number of methoxy groups -OCH3 is 1. The Bertz CT molecular complexity index is 1050. The SMILES string of the molecule is COCCCn1c(SC(C)C(=O)N2CCc3sccc3C2)nnc1-c1ccccc1Cl. The second-order valence-electron chi connectivity index (χ2n) is 7.42. The highest BCUT2D eigenvalue weighted by atomic mass is 35.5. The topological polar surface area (TPSA) is 60.2 Å². The van der Waals surface area contributed by atoms with Crippen LogP contribution in [0, 0.1) is 0 Å². The predicted octanol–water partition coefficient (Wildman–Crippen LogP) is 4.76. The van der Waals surface area contributed by atoms with Gasteiger partial charge >= 0.3 is 0 Å². The monoisotopic (exact) mass is 476 g/mol. The molecule has 31 heavy (non-hydrogen) atoms. The third-order valence-electron chi connectivity index (χ3n) is 5.31. The predicted molar refractivity (Wildman–Crippen MR) is 126 cm³/mol. The molecule has 0 aliphatic carbocycles. The summed E-state index contributed by atoms with van der Waals surface area (Å²) in [5.74, 6) is 0.845. The molecular formula is C22H25ClN4O2S2. The number of thioether (sulfide) groups is 1. The minimum absolute atomic E-state index is 0.132. The highest BCUT2D eigenvalue weighted by Crippen LogP contribution is 2.32. The third-order valence-corrected chi connectivity index (χ3v) is 7.73. The summed E-state index contributed by atoms with van der Waals surface area (Å²) in [4.78, 5) is 16.5. The molecule has 4 rings (SSSR count). The first-order valence-corrected chi connectivity index (χ1v) is 12.4. The average Bonchev–Trinajstić information content (AvgIpc) is 3.40. The molecule has 1 unspecified atom stereocenters. The van der Waals surface area contributed by atoms with E-state index in [4.69, 9.17) is 16.3 Å². The van der Waals surface area contributed by atoms with Crippen LogP contribution in [-0.2, 0) is 29.0 Å². The van der Waals surface area contributed by atoms with Crippen molar-refractivity contribution in [3.8, 4) is 11.4 Å². The van der Waals surface area contributed by atoms with Gasteiger partial charge in [0, 0.05) is 43.8 Å². The number of hydrogen-bond acceptors (Lipinski definition) is 6. The van der Waals surface area contributed by atoms with E-state index in [0.29, 0.717) is 30.5 Å². The average molecular weight is 477 g/mol. The van der Waals surface area contributed by atoms with Crippen molar-refractivity contribution in [3.63, 3.8) is 0 Å². The van der Waals surface area contributed by atoms with Crippen molar-refractivity contribution in [1.82, 2.24) is 19.7 Å².